The molecule has 0 atom stereocenters. The molecular weight excluding hydrogens is 342 g/mol. The minimum Gasteiger partial charge on any atom is -0.492 e. The van der Waals surface area contributed by atoms with Crippen LogP contribution in [-0.2, 0) is 14.6 Å². The predicted octanol–water partition coefficient (Wildman–Crippen LogP) is 2.18. The molecule has 0 radical (unpaired) electrons. The van der Waals surface area contributed by atoms with Crippen molar-refractivity contribution < 1.29 is 22.7 Å². The molecule has 1 aromatic rings. The fourth-order valence-corrected chi connectivity index (χ4v) is 4.00. The van der Waals surface area contributed by atoms with Crippen molar-refractivity contribution in [2.24, 2.45) is 11.8 Å². The minimum atomic E-state index is -3.48. The van der Waals surface area contributed by atoms with Gasteiger partial charge in [0.05, 0.1) is 6.61 Å². The van der Waals surface area contributed by atoms with Gasteiger partial charge in [0.15, 0.2) is 9.84 Å². The molecule has 0 unspecified atom stereocenters. The van der Waals surface area contributed by atoms with Gasteiger partial charge in [-0.1, -0.05) is 0 Å². The number of rotatable bonds is 6. The normalized spacial score (nSPS) is 20.8. The third kappa shape index (κ3) is 5.04. The lowest BCUT2D eigenvalue weighted by molar-refractivity contribution is -0.134. The first-order valence-electron chi connectivity index (χ1n) is 8.35. The zero-order valence-corrected chi connectivity index (χ0v) is 15.7. The van der Waals surface area contributed by atoms with E-state index in [2.05, 4.69) is 0 Å². The van der Waals surface area contributed by atoms with Crippen LogP contribution in [-0.4, -0.2) is 52.5 Å². The Labute approximate surface area is 149 Å². The molecule has 7 heteroatoms. The summed E-state index contributed by atoms with van der Waals surface area (Å²) >= 11 is 0. The molecule has 1 aliphatic rings. The first-order valence-corrected chi connectivity index (χ1v) is 10.2. The Bertz CT molecular complexity index is 734. The summed E-state index contributed by atoms with van der Waals surface area (Å²) < 4.78 is 29.6. The van der Waals surface area contributed by atoms with E-state index < -0.39 is 9.84 Å². The van der Waals surface area contributed by atoms with Crippen LogP contribution in [0.25, 0.3) is 0 Å². The van der Waals surface area contributed by atoms with Crippen molar-refractivity contribution in [3.8, 4) is 5.75 Å². The second-order valence-corrected chi connectivity index (χ2v) is 8.84. The maximum absolute atomic E-state index is 12.0. The van der Waals surface area contributed by atoms with Gasteiger partial charge in [-0.25, -0.2) is 8.42 Å². The van der Waals surface area contributed by atoms with Crippen molar-refractivity contribution in [1.82, 2.24) is 4.90 Å². The summed E-state index contributed by atoms with van der Waals surface area (Å²) in [7, 11) is 0.0595. The predicted molar refractivity (Wildman–Crippen MR) is 94.6 cm³/mol. The van der Waals surface area contributed by atoms with Crippen LogP contribution in [0.5, 0.6) is 5.75 Å². The molecule has 0 aromatic heterocycles. The molecule has 0 N–H and O–H groups in total. The highest BCUT2D eigenvalue weighted by Gasteiger charge is 2.28. The van der Waals surface area contributed by atoms with Crippen LogP contribution in [0.15, 0.2) is 23.1 Å². The van der Waals surface area contributed by atoms with Crippen LogP contribution < -0.4 is 4.74 Å². The van der Waals surface area contributed by atoms with Crippen molar-refractivity contribution in [1.29, 1.82) is 0 Å². The number of hydrogen-bond acceptors (Lipinski definition) is 5. The molecule has 0 saturated heterocycles. The number of amides is 1. The molecule has 1 aliphatic carbocycles. The number of carbonyl (C=O) groups excluding carboxylic acids is 2. The number of sulfone groups is 1. The van der Waals surface area contributed by atoms with E-state index >= 15 is 0 Å². The molecule has 0 aliphatic heterocycles. The summed E-state index contributed by atoms with van der Waals surface area (Å²) in [5, 5.41) is 0. The fourth-order valence-electron chi connectivity index (χ4n) is 3.16. The highest BCUT2D eigenvalue weighted by atomic mass is 32.2. The molecule has 1 aromatic carbocycles. The first kappa shape index (κ1) is 19.4. The lowest BCUT2D eigenvalue weighted by Crippen LogP contribution is -2.33. The summed E-state index contributed by atoms with van der Waals surface area (Å²) in [6.07, 6.45) is 5.13. The average Bonchev–Trinajstić information content (AvgIpc) is 2.58. The topological polar surface area (TPSA) is 80.8 Å². The zero-order valence-electron chi connectivity index (χ0n) is 14.9. The number of benzene rings is 1. The molecule has 0 bridgehead atoms. The van der Waals surface area contributed by atoms with Crippen LogP contribution in [0.4, 0.5) is 0 Å². The van der Waals surface area contributed by atoms with Gasteiger partial charge in [0.2, 0.25) is 5.91 Å². The molecule has 0 heterocycles. The van der Waals surface area contributed by atoms with Crippen molar-refractivity contribution >= 4 is 22.0 Å². The lowest BCUT2D eigenvalue weighted by atomic mass is 9.82. The van der Waals surface area contributed by atoms with Gasteiger partial charge in [0.1, 0.15) is 16.9 Å². The summed E-state index contributed by atoms with van der Waals surface area (Å²) in [6, 6.07) is 4.41. The standard InChI is InChI=1S/C18H25NO5S/c1-19(2)18(21)15-7-4-13(5-8-15)12-24-16-9-6-14(11-20)10-17(16)25(3,22)23/h6,9-11,13,15H,4-5,7-8,12H2,1-3H3. The monoisotopic (exact) mass is 367 g/mol. The summed E-state index contributed by atoms with van der Waals surface area (Å²) in [5.74, 6) is 0.817. The number of nitrogens with zero attached hydrogens (tertiary/aromatic N) is 1. The van der Waals surface area contributed by atoms with Gasteiger partial charge >= 0.3 is 0 Å². The Hall–Kier alpha value is -1.89. The van der Waals surface area contributed by atoms with Crippen LogP contribution in [0, 0.1) is 11.8 Å². The van der Waals surface area contributed by atoms with Crippen molar-refractivity contribution in [3.63, 3.8) is 0 Å². The quantitative estimate of drug-likeness (QED) is 0.720. The number of carbonyl (C=O) groups is 2. The number of ether oxygens (including phenoxy) is 1. The number of hydrogen-bond donors (Lipinski definition) is 0. The molecular formula is C18H25NO5S. The Kier molecular flexibility index (Phi) is 6.21. The van der Waals surface area contributed by atoms with E-state index in [9.17, 15) is 18.0 Å². The van der Waals surface area contributed by atoms with Gasteiger partial charge in [0.25, 0.3) is 0 Å². The van der Waals surface area contributed by atoms with Crippen molar-refractivity contribution in [3.05, 3.63) is 23.8 Å². The minimum absolute atomic E-state index is 0.0357. The lowest BCUT2D eigenvalue weighted by Gasteiger charge is -2.29. The Morgan fingerprint density at radius 3 is 2.40 bits per heavy atom. The van der Waals surface area contributed by atoms with Crippen LogP contribution >= 0.6 is 0 Å². The molecule has 0 spiro atoms. The first-order chi connectivity index (χ1) is 11.7. The summed E-state index contributed by atoms with van der Waals surface area (Å²) in [5.41, 5.74) is 0.301. The third-order valence-corrected chi connectivity index (χ3v) is 5.73. The van der Waals surface area contributed by atoms with E-state index in [1.54, 1.807) is 25.1 Å². The molecule has 1 amide bonds. The Morgan fingerprint density at radius 2 is 1.88 bits per heavy atom. The van der Waals surface area contributed by atoms with Gasteiger partial charge < -0.3 is 9.64 Å². The van der Waals surface area contributed by atoms with Crippen LogP contribution in [0.3, 0.4) is 0 Å². The molecule has 138 valence electrons. The smallest absolute Gasteiger partial charge is 0.225 e. The van der Waals surface area contributed by atoms with Gasteiger partial charge in [-0.2, -0.15) is 0 Å². The molecule has 1 fully saturated rings. The van der Waals surface area contributed by atoms with Crippen LogP contribution in [0.1, 0.15) is 36.0 Å². The average molecular weight is 367 g/mol. The van der Waals surface area contributed by atoms with Gasteiger partial charge in [-0.05, 0) is 49.8 Å². The Balaban J connectivity index is 1.99. The molecule has 2 rings (SSSR count). The van der Waals surface area contributed by atoms with E-state index in [1.165, 1.54) is 12.1 Å². The fraction of sp³-hybridized carbons (Fsp3) is 0.556. The van der Waals surface area contributed by atoms with E-state index in [0.29, 0.717) is 24.4 Å². The largest absolute Gasteiger partial charge is 0.492 e. The molecule has 25 heavy (non-hydrogen) atoms. The highest BCUT2D eigenvalue weighted by molar-refractivity contribution is 7.90. The van der Waals surface area contributed by atoms with E-state index in [-0.39, 0.29) is 22.5 Å². The number of aldehydes is 1. The van der Waals surface area contributed by atoms with Crippen molar-refractivity contribution in [2.75, 3.05) is 27.0 Å². The zero-order chi connectivity index (χ0) is 18.6. The van der Waals surface area contributed by atoms with Crippen LogP contribution in [0.2, 0.25) is 0 Å². The second-order valence-electron chi connectivity index (χ2n) is 6.86. The van der Waals surface area contributed by atoms with E-state index in [4.69, 9.17) is 4.74 Å². The summed E-state index contributed by atoms with van der Waals surface area (Å²) in [4.78, 5) is 24.5. The Morgan fingerprint density at radius 1 is 1.24 bits per heavy atom. The SMILES string of the molecule is CN(C)C(=O)C1CCC(COc2ccc(C=O)cc2S(C)(=O)=O)CC1. The van der Waals surface area contributed by atoms with Gasteiger partial charge in [-0.3, -0.25) is 9.59 Å². The third-order valence-electron chi connectivity index (χ3n) is 4.61. The molecule has 1 saturated carbocycles. The van der Waals surface area contributed by atoms with Crippen molar-refractivity contribution in [2.45, 2.75) is 30.6 Å². The maximum Gasteiger partial charge on any atom is 0.225 e. The van der Waals surface area contributed by atoms with E-state index in [1.807, 2.05) is 0 Å². The van der Waals surface area contributed by atoms with Gasteiger partial charge in [-0.15, -0.1) is 0 Å². The maximum atomic E-state index is 12.0. The van der Waals surface area contributed by atoms with Gasteiger partial charge in [0, 0.05) is 31.8 Å². The second kappa shape index (κ2) is 7.99. The highest BCUT2D eigenvalue weighted by Crippen LogP contribution is 2.31. The summed E-state index contributed by atoms with van der Waals surface area (Å²) in [6.45, 7) is 0.409. The molecule has 6 nitrogen and oxygen atoms in total. The van der Waals surface area contributed by atoms with E-state index in [0.717, 1.165) is 31.9 Å².